The van der Waals surface area contributed by atoms with Gasteiger partial charge >= 0.3 is 0 Å². The monoisotopic (exact) mass is 302 g/mol. The summed E-state index contributed by atoms with van der Waals surface area (Å²) in [7, 11) is -3.60. The number of sulfonamides is 1. The van der Waals surface area contributed by atoms with Crippen LogP contribution in [0.4, 0.5) is 0 Å². The first kappa shape index (κ1) is 14.2. The van der Waals surface area contributed by atoms with Gasteiger partial charge in [-0.05, 0) is 19.9 Å². The zero-order valence-corrected chi connectivity index (χ0v) is 12.1. The van der Waals surface area contributed by atoms with Crippen molar-refractivity contribution < 1.29 is 17.9 Å². The van der Waals surface area contributed by atoms with Gasteiger partial charge in [0, 0.05) is 10.3 Å². The number of thiophene rings is 1. The molecule has 0 spiro atoms. The number of aryl methyl sites for hydroxylation is 2. The normalized spacial score (nSPS) is 11.9. The standard InChI is InChI=1S/C11H14N2O4S2/c1-7-8(2)17-11(13-7)4-12-19(15,16)10-3-9(5-14)18-6-10/h3,6,12,14H,4-5H2,1-2H3. The number of oxazole rings is 1. The summed E-state index contributed by atoms with van der Waals surface area (Å²) in [6.45, 7) is 3.40. The van der Waals surface area contributed by atoms with Crippen molar-refractivity contribution in [2.45, 2.75) is 31.9 Å². The van der Waals surface area contributed by atoms with E-state index in [1.807, 2.05) is 0 Å². The lowest BCUT2D eigenvalue weighted by Crippen LogP contribution is -2.22. The molecule has 104 valence electrons. The van der Waals surface area contributed by atoms with Crippen molar-refractivity contribution >= 4 is 21.4 Å². The van der Waals surface area contributed by atoms with Gasteiger partial charge in [-0.1, -0.05) is 0 Å². The molecular formula is C11H14N2O4S2. The highest BCUT2D eigenvalue weighted by atomic mass is 32.2. The molecule has 0 bridgehead atoms. The first-order chi connectivity index (χ1) is 8.92. The molecule has 0 amide bonds. The summed E-state index contributed by atoms with van der Waals surface area (Å²) < 4.78 is 31.6. The topological polar surface area (TPSA) is 92.4 Å². The second kappa shape index (κ2) is 5.41. The molecule has 6 nitrogen and oxygen atoms in total. The van der Waals surface area contributed by atoms with Crippen LogP contribution in [0.25, 0.3) is 0 Å². The van der Waals surface area contributed by atoms with E-state index in [4.69, 9.17) is 9.52 Å². The molecule has 0 fully saturated rings. The Hall–Kier alpha value is -1.22. The Kier molecular flexibility index (Phi) is 4.04. The van der Waals surface area contributed by atoms with Crippen LogP contribution in [0.1, 0.15) is 22.2 Å². The molecule has 0 saturated heterocycles. The highest BCUT2D eigenvalue weighted by Gasteiger charge is 2.17. The molecular weight excluding hydrogens is 288 g/mol. The smallest absolute Gasteiger partial charge is 0.241 e. The number of aliphatic hydroxyl groups excluding tert-OH is 1. The van der Waals surface area contributed by atoms with Crippen LogP contribution in [0.15, 0.2) is 20.8 Å². The second-order valence-electron chi connectivity index (χ2n) is 3.98. The van der Waals surface area contributed by atoms with Crippen molar-refractivity contribution in [3.8, 4) is 0 Å². The summed E-state index contributed by atoms with van der Waals surface area (Å²) in [5.74, 6) is 1.00. The molecule has 0 radical (unpaired) electrons. The third-order valence-corrected chi connectivity index (χ3v) is 5.03. The molecule has 2 aromatic heterocycles. The van der Waals surface area contributed by atoms with Crippen molar-refractivity contribution in [2.24, 2.45) is 0 Å². The summed E-state index contributed by atoms with van der Waals surface area (Å²) in [6, 6.07) is 1.44. The van der Waals surface area contributed by atoms with Gasteiger partial charge in [-0.15, -0.1) is 11.3 Å². The van der Waals surface area contributed by atoms with E-state index in [1.165, 1.54) is 22.8 Å². The summed E-state index contributed by atoms with van der Waals surface area (Å²) >= 11 is 1.20. The molecule has 2 rings (SSSR count). The van der Waals surface area contributed by atoms with E-state index in [2.05, 4.69) is 9.71 Å². The maximum atomic E-state index is 12.0. The van der Waals surface area contributed by atoms with E-state index in [1.54, 1.807) is 13.8 Å². The van der Waals surface area contributed by atoms with Gasteiger partial charge in [0.1, 0.15) is 5.76 Å². The van der Waals surface area contributed by atoms with Crippen molar-refractivity contribution in [1.82, 2.24) is 9.71 Å². The molecule has 2 heterocycles. The van der Waals surface area contributed by atoms with Gasteiger partial charge in [0.15, 0.2) is 0 Å². The number of aliphatic hydroxyl groups is 1. The van der Waals surface area contributed by atoms with Crippen LogP contribution in [0.3, 0.4) is 0 Å². The number of hydrogen-bond donors (Lipinski definition) is 2. The molecule has 0 atom stereocenters. The zero-order chi connectivity index (χ0) is 14.0. The Morgan fingerprint density at radius 1 is 1.47 bits per heavy atom. The van der Waals surface area contributed by atoms with Gasteiger partial charge in [-0.3, -0.25) is 0 Å². The van der Waals surface area contributed by atoms with Crippen molar-refractivity contribution in [3.63, 3.8) is 0 Å². The van der Waals surface area contributed by atoms with E-state index in [9.17, 15) is 8.42 Å². The predicted molar refractivity (Wildman–Crippen MR) is 70.2 cm³/mol. The summed E-state index contributed by atoms with van der Waals surface area (Å²) in [5.41, 5.74) is 0.743. The number of hydrogen-bond acceptors (Lipinski definition) is 6. The number of nitrogens with one attached hydrogen (secondary N) is 1. The molecule has 8 heteroatoms. The minimum Gasteiger partial charge on any atom is -0.444 e. The van der Waals surface area contributed by atoms with Gasteiger partial charge in [-0.2, -0.15) is 0 Å². The number of aromatic nitrogens is 1. The fourth-order valence-electron chi connectivity index (χ4n) is 1.44. The Balaban J connectivity index is 2.09. The van der Waals surface area contributed by atoms with Crippen LogP contribution in [0.5, 0.6) is 0 Å². The fourth-order valence-corrected chi connectivity index (χ4v) is 3.55. The predicted octanol–water partition coefficient (Wildman–Crippen LogP) is 1.32. The van der Waals surface area contributed by atoms with Crippen LogP contribution in [0, 0.1) is 13.8 Å². The molecule has 2 N–H and O–H groups in total. The van der Waals surface area contributed by atoms with E-state index in [0.29, 0.717) is 16.5 Å². The van der Waals surface area contributed by atoms with E-state index in [0.717, 1.165) is 5.69 Å². The molecule has 0 unspecified atom stereocenters. The Morgan fingerprint density at radius 3 is 2.74 bits per heavy atom. The minimum atomic E-state index is -3.60. The van der Waals surface area contributed by atoms with Crippen LogP contribution in [-0.4, -0.2) is 18.5 Å². The molecule has 0 aliphatic heterocycles. The number of rotatable bonds is 5. The van der Waals surface area contributed by atoms with Gasteiger partial charge < -0.3 is 9.52 Å². The van der Waals surface area contributed by atoms with Gasteiger partial charge in [0.2, 0.25) is 15.9 Å². The minimum absolute atomic E-state index is 0.00131. The maximum Gasteiger partial charge on any atom is 0.241 e. The van der Waals surface area contributed by atoms with E-state index in [-0.39, 0.29) is 18.0 Å². The summed E-state index contributed by atoms with van der Waals surface area (Å²) in [4.78, 5) is 4.84. The maximum absolute atomic E-state index is 12.0. The molecule has 0 aliphatic rings. The van der Waals surface area contributed by atoms with Crippen molar-refractivity contribution in [3.05, 3.63) is 33.7 Å². The molecule has 2 aromatic rings. The fraction of sp³-hybridized carbons (Fsp3) is 0.364. The Morgan fingerprint density at radius 2 is 2.21 bits per heavy atom. The largest absolute Gasteiger partial charge is 0.444 e. The summed E-state index contributed by atoms with van der Waals surface area (Å²) in [5, 5.41) is 10.4. The van der Waals surface area contributed by atoms with E-state index < -0.39 is 10.0 Å². The SMILES string of the molecule is Cc1nc(CNS(=O)(=O)c2csc(CO)c2)oc1C. The molecule has 19 heavy (non-hydrogen) atoms. The quantitative estimate of drug-likeness (QED) is 0.869. The van der Waals surface area contributed by atoms with Gasteiger partial charge in [0.25, 0.3) is 0 Å². The lowest BCUT2D eigenvalue weighted by atomic mass is 10.4. The van der Waals surface area contributed by atoms with Gasteiger partial charge in [0.05, 0.1) is 23.7 Å². The average molecular weight is 302 g/mol. The van der Waals surface area contributed by atoms with Crippen molar-refractivity contribution in [2.75, 3.05) is 0 Å². The lowest BCUT2D eigenvalue weighted by molar-refractivity contribution is 0.285. The zero-order valence-electron chi connectivity index (χ0n) is 10.5. The number of nitrogens with zero attached hydrogens (tertiary/aromatic N) is 1. The third kappa shape index (κ3) is 3.21. The molecule has 0 saturated carbocycles. The van der Waals surface area contributed by atoms with Crippen LogP contribution in [-0.2, 0) is 23.2 Å². The van der Waals surface area contributed by atoms with Crippen LogP contribution < -0.4 is 4.72 Å². The molecule has 0 aliphatic carbocycles. The second-order valence-corrected chi connectivity index (χ2v) is 6.74. The highest BCUT2D eigenvalue weighted by molar-refractivity contribution is 7.89. The first-order valence-corrected chi connectivity index (χ1v) is 7.89. The Bertz CT molecular complexity index is 653. The van der Waals surface area contributed by atoms with E-state index >= 15 is 0 Å². The third-order valence-electron chi connectivity index (χ3n) is 2.58. The lowest BCUT2D eigenvalue weighted by Gasteiger charge is -2.01. The van der Waals surface area contributed by atoms with Crippen LogP contribution >= 0.6 is 11.3 Å². The average Bonchev–Trinajstić information content (AvgIpc) is 2.95. The van der Waals surface area contributed by atoms with Crippen LogP contribution in [0.2, 0.25) is 0 Å². The van der Waals surface area contributed by atoms with Crippen molar-refractivity contribution in [1.29, 1.82) is 0 Å². The highest BCUT2D eigenvalue weighted by Crippen LogP contribution is 2.19. The van der Waals surface area contributed by atoms with Gasteiger partial charge in [-0.25, -0.2) is 18.1 Å². The first-order valence-electron chi connectivity index (χ1n) is 5.53. The summed E-state index contributed by atoms with van der Waals surface area (Å²) in [6.07, 6.45) is 0. The Labute approximate surface area is 115 Å². The molecule has 0 aromatic carbocycles.